The van der Waals surface area contributed by atoms with E-state index in [9.17, 15) is 18.0 Å². The first-order chi connectivity index (χ1) is 16.7. The van der Waals surface area contributed by atoms with Crippen molar-refractivity contribution in [3.63, 3.8) is 0 Å². The van der Waals surface area contributed by atoms with E-state index in [0.717, 1.165) is 16.5 Å². The first-order valence-corrected chi connectivity index (χ1v) is 13.3. The number of hydrogen-bond acceptors (Lipinski definition) is 4. The molecule has 1 aliphatic rings. The smallest absolute Gasteiger partial charge is 0.243 e. The zero-order valence-electron chi connectivity index (χ0n) is 20.0. The quantitative estimate of drug-likeness (QED) is 0.529. The minimum Gasteiger partial charge on any atom is -0.351 e. The predicted octanol–water partition coefficient (Wildman–Crippen LogP) is 3.16. The molecule has 0 unspecified atom stereocenters. The molecule has 7 nitrogen and oxygen atoms in total. The lowest BCUT2D eigenvalue weighted by molar-refractivity contribution is -0.128. The summed E-state index contributed by atoms with van der Waals surface area (Å²) in [5.74, 6) is -0.524. The number of amides is 2. The van der Waals surface area contributed by atoms with E-state index < -0.39 is 16.1 Å². The highest BCUT2D eigenvalue weighted by Crippen LogP contribution is 2.27. The van der Waals surface area contributed by atoms with Crippen molar-refractivity contribution >= 4 is 32.6 Å². The summed E-state index contributed by atoms with van der Waals surface area (Å²) in [5, 5.41) is 7.36. The summed E-state index contributed by atoms with van der Waals surface area (Å²) in [5.41, 5.74) is 2.08. The highest BCUT2D eigenvalue weighted by Gasteiger charge is 2.32. The summed E-state index contributed by atoms with van der Waals surface area (Å²) >= 11 is 0. The average molecular weight is 494 g/mol. The van der Waals surface area contributed by atoms with Gasteiger partial charge in [0.2, 0.25) is 21.8 Å². The van der Waals surface area contributed by atoms with Crippen LogP contribution < -0.4 is 10.6 Å². The van der Waals surface area contributed by atoms with Gasteiger partial charge in [0.25, 0.3) is 0 Å². The summed E-state index contributed by atoms with van der Waals surface area (Å²) < 4.78 is 28.3. The fraction of sp³-hybridized carbons (Fsp3) is 0.333. The van der Waals surface area contributed by atoms with Crippen molar-refractivity contribution in [2.45, 2.75) is 50.1 Å². The SMILES string of the molecule is CC(=O)N[C@@H](Cc1ccc(C)cc1)C(=O)NC1CCN(S(=O)(=O)c2cccc3ccccc23)CC1. The lowest BCUT2D eigenvalue weighted by atomic mass is 10.0. The fourth-order valence-electron chi connectivity index (χ4n) is 4.52. The number of benzene rings is 3. The van der Waals surface area contributed by atoms with Gasteiger partial charge in [-0.1, -0.05) is 66.2 Å². The van der Waals surface area contributed by atoms with Crippen LogP contribution in [0.15, 0.2) is 71.6 Å². The van der Waals surface area contributed by atoms with Gasteiger partial charge in [-0.25, -0.2) is 8.42 Å². The van der Waals surface area contributed by atoms with Gasteiger partial charge in [0.1, 0.15) is 6.04 Å². The summed E-state index contributed by atoms with van der Waals surface area (Å²) in [6.07, 6.45) is 1.40. The molecular formula is C27H31N3O4S. The van der Waals surface area contributed by atoms with Crippen molar-refractivity contribution < 1.29 is 18.0 Å². The fourth-order valence-corrected chi connectivity index (χ4v) is 6.20. The first kappa shape index (κ1) is 24.9. The van der Waals surface area contributed by atoms with Gasteiger partial charge < -0.3 is 10.6 Å². The van der Waals surface area contributed by atoms with Gasteiger partial charge in [0.05, 0.1) is 4.90 Å². The molecule has 2 amide bonds. The molecule has 0 aliphatic carbocycles. The van der Waals surface area contributed by atoms with Crippen LogP contribution in [-0.2, 0) is 26.0 Å². The number of aryl methyl sites for hydroxylation is 1. The molecule has 2 N–H and O–H groups in total. The minimum atomic E-state index is -3.65. The molecule has 35 heavy (non-hydrogen) atoms. The molecule has 1 heterocycles. The molecule has 3 aromatic carbocycles. The largest absolute Gasteiger partial charge is 0.351 e. The molecule has 4 rings (SSSR count). The maximum Gasteiger partial charge on any atom is 0.243 e. The van der Waals surface area contributed by atoms with Gasteiger partial charge in [-0.2, -0.15) is 4.31 Å². The van der Waals surface area contributed by atoms with Crippen molar-refractivity contribution in [1.29, 1.82) is 0 Å². The topological polar surface area (TPSA) is 95.6 Å². The second kappa shape index (κ2) is 10.6. The average Bonchev–Trinajstić information content (AvgIpc) is 2.84. The van der Waals surface area contributed by atoms with Gasteiger partial charge in [-0.3, -0.25) is 9.59 Å². The maximum atomic E-state index is 13.4. The second-order valence-corrected chi connectivity index (χ2v) is 11.0. The van der Waals surface area contributed by atoms with Crippen LogP contribution in [0.25, 0.3) is 10.8 Å². The molecule has 1 atom stereocenters. The van der Waals surface area contributed by atoms with E-state index in [0.29, 0.717) is 42.6 Å². The number of rotatable bonds is 7. The van der Waals surface area contributed by atoms with E-state index >= 15 is 0 Å². The van der Waals surface area contributed by atoms with E-state index in [1.165, 1.54) is 11.2 Å². The van der Waals surface area contributed by atoms with Crippen LogP contribution >= 0.6 is 0 Å². The molecule has 0 aromatic heterocycles. The Morgan fingerprint density at radius 1 is 0.971 bits per heavy atom. The lowest BCUT2D eigenvalue weighted by Gasteiger charge is -2.32. The molecule has 184 valence electrons. The molecule has 0 bridgehead atoms. The zero-order valence-corrected chi connectivity index (χ0v) is 20.8. The van der Waals surface area contributed by atoms with Gasteiger partial charge in [0.15, 0.2) is 0 Å². The van der Waals surface area contributed by atoms with Crippen molar-refractivity contribution in [2.24, 2.45) is 0 Å². The molecule has 1 aliphatic heterocycles. The Kier molecular flexibility index (Phi) is 7.52. The van der Waals surface area contributed by atoms with Crippen LogP contribution in [0.1, 0.15) is 30.9 Å². The third kappa shape index (κ3) is 5.89. The van der Waals surface area contributed by atoms with E-state index in [1.54, 1.807) is 12.1 Å². The molecule has 1 fully saturated rings. The minimum absolute atomic E-state index is 0.157. The Labute approximate surface area is 206 Å². The molecule has 8 heteroatoms. The standard InChI is InChI=1S/C27H31N3O4S/c1-19-10-12-21(13-11-19)18-25(28-20(2)31)27(32)29-23-14-16-30(17-15-23)35(33,34)26-9-5-7-22-6-3-4-8-24(22)26/h3-13,23,25H,14-18H2,1-2H3,(H,28,31)(H,29,32)/t25-/m0/s1. The third-order valence-corrected chi connectivity index (χ3v) is 8.38. The zero-order chi connectivity index (χ0) is 25.0. The molecule has 0 radical (unpaired) electrons. The number of hydrogen-bond donors (Lipinski definition) is 2. The number of sulfonamides is 1. The second-order valence-electron chi connectivity index (χ2n) is 9.11. The van der Waals surface area contributed by atoms with Crippen molar-refractivity contribution in [1.82, 2.24) is 14.9 Å². The highest BCUT2D eigenvalue weighted by molar-refractivity contribution is 7.89. The number of carbonyl (C=O) groups is 2. The first-order valence-electron chi connectivity index (χ1n) is 11.8. The normalized spacial score (nSPS) is 16.1. The Balaban J connectivity index is 1.40. The van der Waals surface area contributed by atoms with E-state index in [-0.39, 0.29) is 17.9 Å². The molecule has 0 spiro atoms. The Morgan fingerprint density at radius 3 is 2.31 bits per heavy atom. The van der Waals surface area contributed by atoms with Gasteiger partial charge >= 0.3 is 0 Å². The van der Waals surface area contributed by atoms with Crippen LogP contribution in [0.5, 0.6) is 0 Å². The lowest BCUT2D eigenvalue weighted by Crippen LogP contribution is -2.53. The maximum absolute atomic E-state index is 13.4. The van der Waals surface area contributed by atoms with E-state index in [1.807, 2.05) is 61.5 Å². The number of piperidine rings is 1. The van der Waals surface area contributed by atoms with E-state index in [4.69, 9.17) is 0 Å². The van der Waals surface area contributed by atoms with Crippen LogP contribution in [0.4, 0.5) is 0 Å². The van der Waals surface area contributed by atoms with Gasteiger partial charge in [-0.15, -0.1) is 0 Å². The van der Waals surface area contributed by atoms with Crippen LogP contribution in [-0.4, -0.2) is 49.7 Å². The number of nitrogens with one attached hydrogen (secondary N) is 2. The van der Waals surface area contributed by atoms with Crippen molar-refractivity contribution in [2.75, 3.05) is 13.1 Å². The number of fused-ring (bicyclic) bond motifs is 1. The predicted molar refractivity (Wildman–Crippen MR) is 136 cm³/mol. The van der Waals surface area contributed by atoms with Gasteiger partial charge in [0, 0.05) is 37.9 Å². The van der Waals surface area contributed by atoms with Crippen molar-refractivity contribution in [3.05, 3.63) is 77.9 Å². The summed E-state index contributed by atoms with van der Waals surface area (Å²) in [6.45, 7) is 4.03. The Hall–Kier alpha value is -3.23. The van der Waals surface area contributed by atoms with Crippen LogP contribution in [0, 0.1) is 6.92 Å². The summed E-state index contributed by atoms with van der Waals surface area (Å²) in [7, 11) is -3.65. The Morgan fingerprint density at radius 2 is 1.63 bits per heavy atom. The number of nitrogens with zero attached hydrogens (tertiary/aromatic N) is 1. The monoisotopic (exact) mass is 493 g/mol. The van der Waals surface area contributed by atoms with E-state index in [2.05, 4.69) is 10.6 Å². The van der Waals surface area contributed by atoms with Crippen LogP contribution in [0.3, 0.4) is 0 Å². The van der Waals surface area contributed by atoms with Crippen molar-refractivity contribution in [3.8, 4) is 0 Å². The number of carbonyl (C=O) groups excluding carboxylic acids is 2. The molecule has 3 aromatic rings. The summed E-state index contributed by atoms with van der Waals surface area (Å²) in [4.78, 5) is 25.0. The van der Waals surface area contributed by atoms with Crippen LogP contribution in [0.2, 0.25) is 0 Å². The van der Waals surface area contributed by atoms with Gasteiger partial charge in [-0.05, 0) is 36.8 Å². The molecule has 0 saturated carbocycles. The Bertz CT molecular complexity index is 1310. The third-order valence-electron chi connectivity index (χ3n) is 6.42. The molecular weight excluding hydrogens is 462 g/mol. The highest BCUT2D eigenvalue weighted by atomic mass is 32.2. The summed E-state index contributed by atoms with van der Waals surface area (Å²) in [6, 6.07) is 19.8. The molecule has 1 saturated heterocycles.